The summed E-state index contributed by atoms with van der Waals surface area (Å²) in [5.41, 5.74) is -5.65. The van der Waals surface area contributed by atoms with Crippen LogP contribution in [0.25, 0.3) is 177 Å². The summed E-state index contributed by atoms with van der Waals surface area (Å²) in [5, 5.41) is 3.57. The Labute approximate surface area is 968 Å². The van der Waals surface area contributed by atoms with Crippen LogP contribution in [-0.2, 0) is 49.9 Å². The molecule has 4 aliphatic rings. The summed E-state index contributed by atoms with van der Waals surface area (Å²) >= 11 is 0. The molecule has 0 saturated heterocycles. The van der Waals surface area contributed by atoms with E-state index in [1.807, 2.05) is 37.3 Å². The molecule has 12 aromatic carbocycles. The number of pyridine rings is 4. The zero-order valence-electron chi connectivity index (χ0n) is 151. The first-order valence-corrected chi connectivity index (χ1v) is 46.2. The second kappa shape index (κ2) is 38.0. The van der Waals surface area contributed by atoms with Crippen molar-refractivity contribution in [3.05, 3.63) is 356 Å². The van der Waals surface area contributed by atoms with E-state index in [0.717, 1.165) is 29.8 Å². The number of aryl methyl sites for hydroxylation is 8. The third-order valence-electron chi connectivity index (χ3n) is 29.1. The SMILES string of the molecule is C.C.[2H]C([2H])([2H])C([2H])(c1cc[n+](C)c(-c2c(C)ccc3c2oc2c4c(ccc23)-c2ccccc2C4(C([2H])([2H])[2H])C([2H])([2H])[2H])c1)C([2H])([2H])[2H].[2H]C([2H])([2H])C([2H])(c1cc[n+](C)c(-c2c(C)ccc3c2oc2c4c(ccc23)C(C([2H])(C([2H])([2H])[2H])C([2H])([2H])[2H])(C([2H])(C([2H])([2H])[2H])C([2H])([2H])[2H])c2ccccc2-4)c1)C([2H])([2H])[2H].[2H]C([2H])([2H])C([2H])(c1cc[n+](C)c(-c2c(C)ccc3c2oc2c4c(ccc23)C(C([2H])([2H])C([2H])(C([2H])([2H])[2H])C([2H])([2H])[2H])(C([2H])([2H])C([2H])(C([2H])([2H])[2H])C([2H])([2H])[2H])c2ccccc2-4)c1)C([2H])([2H])[2H].[2H]C([2H])([2H])CC1(CC([2H])([2H])[2H])c2ccccc2-c2c1ccc1c2oc2c(-c3cc(C([2H])(C([2H])([2H])[2H])C([2H])([2H])[2H])cc[n+]3C)c(C)ccc21. The highest BCUT2D eigenvalue weighted by Gasteiger charge is 2.51. The molecule has 8 heterocycles. The summed E-state index contributed by atoms with van der Waals surface area (Å²) in [5.74, 6) is -28.8. The molecule has 8 aromatic heterocycles. The largest absolute Gasteiger partial charge is 0.455 e. The molecule has 744 valence electrons. The molecule has 0 atom stereocenters. The van der Waals surface area contributed by atoms with Gasteiger partial charge in [0.1, 0.15) is 72.9 Å². The van der Waals surface area contributed by atoms with Gasteiger partial charge >= 0.3 is 0 Å². The topological polar surface area (TPSA) is 68.1 Å². The summed E-state index contributed by atoms with van der Waals surface area (Å²) < 4.78 is 642. The van der Waals surface area contributed by atoms with Crippen LogP contribution in [0, 0.1) is 51.3 Å². The summed E-state index contributed by atoms with van der Waals surface area (Å²) in [6, 6.07) is 59.9. The minimum absolute atomic E-state index is 0. The predicted molar refractivity (Wildman–Crippen MR) is 615 cm³/mol. The average Bonchev–Trinajstić information content (AvgIpc) is 1.46. The van der Waals surface area contributed by atoms with E-state index in [1.165, 1.54) is 132 Å². The fraction of sp³-hybridized carbons (Fsp3) is 0.333. The lowest BCUT2D eigenvalue weighted by Gasteiger charge is -2.40. The number of benzene rings is 12. The standard InChI is InChI=1S/C37H42NO.C35H38NO.C33H34NO.C31H30NO.2CH4/c1-22(2)20-37(21-23(3)4)30-12-10-9-11-29(30)34-31(37)16-15-28-27-14-13-25(7)33(35(27)39-36(28)34)32-19-26(24(5)6)17-18-38(32)8;1-20(2)24-17-18-36(8)30(19-24)31-23(7)13-14-25-26-15-16-29-32(34(26)37-33(25)31)27-11-9-10-12-28(27)35(29,21(3)4)22(5)6;1-7-33(8-2)26-12-10-9-11-25(26)30-27(33)16-15-24-23-14-13-21(5)29(31(23)35-32(24)30)28-19-22(20(3)4)17-18-34(28)6;1-18(2)20-15-16-32(6)26(17-20)27-19(3)11-12-23-24-14-13-22-21-9-7-8-10-25(21)31(4,5)28(22)30(24)33-29(23)27;;/h9-19,22-24H,20-21H2,1-8H3;9-22H,1-8H3;9-20H,7-8H2,1-6H3;7-18H,1-6H3;2*1H4/q4*+1;;/i1D3,2D3,3D3,4D3,5D3,6D3,20D2,21D2,22D,23D,24D;1D3,2D3,3D3,4D3,5D3,6D3,20D,21D,22D;1D3,2D3,3D3,4D3,20D;1D3,2D3,4D3,5D3,18D;;. The van der Waals surface area contributed by atoms with Crippen LogP contribution in [0.4, 0.5) is 0 Å². The Morgan fingerprint density at radius 2 is 0.575 bits per heavy atom. The number of aromatic nitrogens is 4. The van der Waals surface area contributed by atoms with E-state index < -0.39 is 246 Å². The monoisotopic (exact) mass is 2000 g/mol. The zero-order chi connectivity index (χ0) is 162. The van der Waals surface area contributed by atoms with Gasteiger partial charge in [0.15, 0.2) is 24.8 Å². The Kier molecular flexibility index (Phi) is 12.1. The minimum atomic E-state index is -4.37. The first-order valence-electron chi connectivity index (χ1n) is 82.2. The van der Waals surface area contributed by atoms with Gasteiger partial charge in [0.25, 0.3) is 0 Å². The second-order valence-corrected chi connectivity index (χ2v) is 37.2. The van der Waals surface area contributed by atoms with Crippen LogP contribution >= 0.6 is 0 Å². The number of furan rings is 4. The normalized spacial score (nSPS) is 23.8. The molecule has 24 rings (SSSR count). The van der Waals surface area contributed by atoms with Crippen molar-refractivity contribution >= 4 is 87.8 Å². The van der Waals surface area contributed by atoms with E-state index in [2.05, 4.69) is 0 Å². The van der Waals surface area contributed by atoms with Crippen molar-refractivity contribution in [2.45, 2.75) is 250 Å². The number of rotatable bonds is 16. The minimum Gasteiger partial charge on any atom is -0.455 e. The quantitative estimate of drug-likeness (QED) is 0.0904. The number of fused-ring (bicyclic) bond motifs is 28. The Morgan fingerprint density at radius 1 is 0.281 bits per heavy atom. The van der Waals surface area contributed by atoms with Gasteiger partial charge in [-0.3, -0.25) is 0 Å². The van der Waals surface area contributed by atoms with E-state index in [0.29, 0.717) is 116 Å². The maximum atomic E-state index is 9.75. The van der Waals surface area contributed by atoms with Crippen LogP contribution in [0.2, 0.25) is 0 Å². The third-order valence-corrected chi connectivity index (χ3v) is 29.1. The lowest BCUT2D eigenvalue weighted by molar-refractivity contribution is -0.660. The fourth-order valence-corrected chi connectivity index (χ4v) is 22.2. The highest BCUT2D eigenvalue weighted by Crippen LogP contribution is 2.63. The van der Waals surface area contributed by atoms with Crippen molar-refractivity contribution in [3.8, 4) is 89.5 Å². The summed E-state index contributed by atoms with van der Waals surface area (Å²) in [4.78, 5) is 0. The van der Waals surface area contributed by atoms with Crippen molar-refractivity contribution in [1.29, 1.82) is 0 Å². The van der Waals surface area contributed by atoms with Gasteiger partial charge in [0, 0.05) is 234 Å². The summed E-state index contributed by atoms with van der Waals surface area (Å²) in [7, 11) is 6.55. The van der Waals surface area contributed by atoms with Crippen LogP contribution in [-0.4, -0.2) is 0 Å². The molecule has 8 nitrogen and oxygen atoms in total. The lowest BCUT2D eigenvalue weighted by Crippen LogP contribution is -2.37. The molecule has 8 heteroatoms. The van der Waals surface area contributed by atoms with Crippen molar-refractivity contribution in [2.75, 3.05) is 0 Å². The van der Waals surface area contributed by atoms with Gasteiger partial charge in [-0.2, -0.15) is 0 Å². The molecule has 0 fully saturated rings. The number of nitrogens with zero attached hydrogens (tertiary/aromatic N) is 4. The van der Waals surface area contributed by atoms with Gasteiger partial charge in [-0.1, -0.05) is 340 Å². The highest BCUT2D eigenvalue weighted by molar-refractivity contribution is 6.19. The lowest BCUT2D eigenvalue weighted by atomic mass is 9.63. The molecule has 0 aliphatic heterocycles. The molecule has 4 aliphatic carbocycles. The van der Waals surface area contributed by atoms with Gasteiger partial charge in [-0.25, -0.2) is 18.3 Å². The Bertz CT molecular complexity index is 11600. The molecular weight excluding hydrogens is 1780 g/mol. The van der Waals surface area contributed by atoms with Crippen molar-refractivity contribution in [2.24, 2.45) is 51.8 Å². The third kappa shape index (κ3) is 15.6. The molecule has 0 saturated carbocycles. The Hall–Kier alpha value is -13.6. The first kappa shape index (κ1) is 46.2. The summed E-state index contributed by atoms with van der Waals surface area (Å²) in [6.45, 7) is -62.4. The van der Waals surface area contributed by atoms with Gasteiger partial charge in [0.2, 0.25) is 22.8 Å². The van der Waals surface area contributed by atoms with Crippen LogP contribution in [0.1, 0.15) is 389 Å². The van der Waals surface area contributed by atoms with Gasteiger partial charge in [-0.15, -0.1) is 0 Å². The van der Waals surface area contributed by atoms with E-state index >= 15 is 0 Å². The number of hydrogen-bond acceptors (Lipinski definition) is 4. The highest BCUT2D eigenvalue weighted by atomic mass is 16.3. The average molecular weight is 2000 g/mol. The van der Waals surface area contributed by atoms with Crippen molar-refractivity contribution in [3.63, 3.8) is 0 Å². The molecular formula is C138H152N4O4+4. The molecule has 0 amide bonds. The molecule has 0 radical (unpaired) electrons. The molecule has 0 N–H and O–H groups in total. The maximum absolute atomic E-state index is 9.75. The molecule has 0 unspecified atom stereocenters. The maximum Gasteiger partial charge on any atom is 0.216 e. The van der Waals surface area contributed by atoms with Gasteiger partial charge in [0.05, 0.1) is 22.3 Å². The molecule has 20 aromatic rings. The van der Waals surface area contributed by atoms with E-state index in [4.69, 9.17) is 105 Å². The molecule has 0 spiro atoms. The Morgan fingerprint density at radius 3 is 0.932 bits per heavy atom. The Balaban J connectivity index is 0.000000171. The molecule has 0 bridgehead atoms. The van der Waals surface area contributed by atoms with Crippen molar-refractivity contribution in [1.82, 2.24) is 0 Å². The first-order chi connectivity index (χ1) is 97.8. The van der Waals surface area contributed by atoms with Crippen LogP contribution in [0.5, 0.6) is 0 Å². The van der Waals surface area contributed by atoms with Gasteiger partial charge in [-0.05, 0) is 218 Å². The van der Waals surface area contributed by atoms with Gasteiger partial charge < -0.3 is 17.7 Å². The smallest absolute Gasteiger partial charge is 0.216 e. The van der Waals surface area contributed by atoms with Crippen LogP contribution < -0.4 is 18.3 Å². The van der Waals surface area contributed by atoms with Crippen molar-refractivity contribution < 1.29 is 135 Å². The predicted octanol–water partition coefficient (Wildman–Crippen LogP) is 36.6. The van der Waals surface area contributed by atoms with Crippen LogP contribution in [0.15, 0.2) is 285 Å². The van der Waals surface area contributed by atoms with E-state index in [-0.39, 0.29) is 144 Å². The number of hydrogen-bond donors (Lipinski definition) is 0. The van der Waals surface area contributed by atoms with E-state index in [1.54, 1.807) is 148 Å². The van der Waals surface area contributed by atoms with E-state index in [9.17, 15) is 11.0 Å². The second-order valence-electron chi connectivity index (χ2n) is 37.2. The fourth-order valence-electron chi connectivity index (χ4n) is 22.2. The zero-order valence-corrected chi connectivity index (χ0v) is 79.2. The van der Waals surface area contributed by atoms with Crippen LogP contribution in [0.3, 0.4) is 0 Å². The summed E-state index contributed by atoms with van der Waals surface area (Å²) in [6.07, 6.45) is -3.75. The molecule has 146 heavy (non-hydrogen) atoms.